The smallest absolute Gasteiger partial charge is 0.342 e. The van der Waals surface area contributed by atoms with E-state index in [4.69, 9.17) is 18.6 Å². The van der Waals surface area contributed by atoms with Gasteiger partial charge in [0.25, 0.3) is 5.22 Å². The van der Waals surface area contributed by atoms with Gasteiger partial charge in [0, 0.05) is 20.8 Å². The van der Waals surface area contributed by atoms with Crippen molar-refractivity contribution < 1.29 is 28.5 Å². The van der Waals surface area contributed by atoms with Crippen molar-refractivity contribution in [1.82, 2.24) is 10.2 Å². The number of nitrogens with zero attached hydrogens (tertiary/aromatic N) is 2. The Kier molecular flexibility index (Phi) is 8.05. The monoisotopic (exact) mass is 666 g/mol. The minimum atomic E-state index is -1.12. The molecule has 0 spiro atoms. The first-order valence-corrected chi connectivity index (χ1v) is 11.5. The highest BCUT2D eigenvalue weighted by Gasteiger charge is 2.18. The summed E-state index contributed by atoms with van der Waals surface area (Å²) in [6.45, 7) is 0. The summed E-state index contributed by atoms with van der Waals surface area (Å²) in [5, 5.41) is 17.8. The largest absolute Gasteiger partial charge is 0.497 e. The van der Waals surface area contributed by atoms with E-state index in [9.17, 15) is 9.90 Å². The molecule has 0 unspecified atom stereocenters. The first kappa shape index (κ1) is 23.7. The zero-order valence-corrected chi connectivity index (χ0v) is 21.6. The average molecular weight is 666 g/mol. The molecule has 0 aliphatic rings. The fraction of sp³-hybridized carbons (Fsp3) is 0.150. The predicted octanol–water partition coefficient (Wildman–Crippen LogP) is 5.19. The maximum absolute atomic E-state index is 11.9. The van der Waals surface area contributed by atoms with Gasteiger partial charge >= 0.3 is 5.97 Å². The molecular weight excluding hydrogens is 650 g/mol. The Morgan fingerprint density at radius 2 is 1.71 bits per heavy atom. The molecule has 0 fully saturated rings. The van der Waals surface area contributed by atoms with Gasteiger partial charge in [-0.2, -0.15) is 0 Å². The van der Waals surface area contributed by atoms with Gasteiger partial charge in [-0.1, -0.05) is 0 Å². The van der Waals surface area contributed by atoms with Gasteiger partial charge in [0.05, 0.1) is 24.9 Å². The number of carbonyl (C=O) groups is 1. The van der Waals surface area contributed by atoms with E-state index in [2.05, 4.69) is 55.4 Å². The zero-order valence-electron chi connectivity index (χ0n) is 16.5. The molecule has 1 heterocycles. The van der Waals surface area contributed by atoms with Gasteiger partial charge in [-0.05, 0) is 87.3 Å². The molecule has 162 valence electrons. The van der Waals surface area contributed by atoms with Crippen LogP contribution < -0.4 is 14.2 Å². The molecule has 31 heavy (non-hydrogen) atoms. The fourth-order valence-electron chi connectivity index (χ4n) is 2.57. The van der Waals surface area contributed by atoms with Crippen molar-refractivity contribution in [3.05, 3.63) is 47.9 Å². The Hall–Kier alpha value is -2.00. The van der Waals surface area contributed by atoms with Gasteiger partial charge in [0.15, 0.2) is 0 Å². The molecule has 2 aromatic carbocycles. The molecule has 1 N–H and O–H groups in total. The summed E-state index contributed by atoms with van der Waals surface area (Å²) in [5.41, 5.74) is 1.23. The minimum absolute atomic E-state index is 0.00882. The van der Waals surface area contributed by atoms with Gasteiger partial charge in [0.1, 0.15) is 22.2 Å². The summed E-state index contributed by atoms with van der Waals surface area (Å²) in [6, 6.07) is 8.94. The van der Waals surface area contributed by atoms with Crippen LogP contribution in [-0.2, 0) is 4.79 Å². The first-order valence-electron chi connectivity index (χ1n) is 8.57. The number of carboxylic acid groups (broad SMARTS) is 1. The van der Waals surface area contributed by atoms with E-state index in [0.29, 0.717) is 28.4 Å². The molecule has 1 aromatic heterocycles. The van der Waals surface area contributed by atoms with Crippen LogP contribution in [0.25, 0.3) is 17.5 Å². The number of aliphatic carboxylic acids is 1. The van der Waals surface area contributed by atoms with Crippen LogP contribution in [0.4, 0.5) is 0 Å². The zero-order chi connectivity index (χ0) is 22.5. The quantitative estimate of drug-likeness (QED) is 0.198. The van der Waals surface area contributed by atoms with Crippen LogP contribution in [-0.4, -0.2) is 42.6 Å². The summed E-state index contributed by atoms with van der Waals surface area (Å²) in [5.74, 6) is 0.811. The maximum Gasteiger partial charge on any atom is 0.342 e. The van der Waals surface area contributed by atoms with Gasteiger partial charge in [-0.3, -0.25) is 0 Å². The standard InChI is InChI=1S/C20H16I2N2O6S/c1-27-13-5-11(6-14(9-13)28-2)18-23-24-20(30-18)31-16(19(25)26)7-10-4-12(21)8-15(22)17(10)29-3/h4-9H,1-3H3,(H,25,26)/b16-7-. The Morgan fingerprint density at radius 1 is 1.03 bits per heavy atom. The average Bonchev–Trinajstić information content (AvgIpc) is 3.21. The van der Waals surface area contributed by atoms with Gasteiger partial charge in [-0.25, -0.2) is 4.79 Å². The van der Waals surface area contributed by atoms with E-state index in [1.807, 2.05) is 12.1 Å². The summed E-state index contributed by atoms with van der Waals surface area (Å²) < 4.78 is 23.5. The van der Waals surface area contributed by atoms with E-state index < -0.39 is 5.97 Å². The third-order valence-electron chi connectivity index (χ3n) is 3.94. The van der Waals surface area contributed by atoms with Crippen LogP contribution in [0, 0.1) is 7.14 Å². The lowest BCUT2D eigenvalue weighted by molar-refractivity contribution is -0.131. The van der Waals surface area contributed by atoms with Crippen molar-refractivity contribution in [2.45, 2.75) is 5.22 Å². The number of aromatic nitrogens is 2. The number of rotatable bonds is 8. The summed E-state index contributed by atoms with van der Waals surface area (Å²) in [4.78, 5) is 11.9. The van der Waals surface area contributed by atoms with E-state index >= 15 is 0 Å². The van der Waals surface area contributed by atoms with Crippen LogP contribution in [0.2, 0.25) is 0 Å². The number of benzene rings is 2. The Morgan fingerprint density at radius 3 is 2.29 bits per heavy atom. The third-order valence-corrected chi connectivity index (χ3v) is 6.22. The van der Waals surface area contributed by atoms with Crippen molar-refractivity contribution in [2.24, 2.45) is 0 Å². The second-order valence-electron chi connectivity index (χ2n) is 5.90. The number of hydrogen-bond acceptors (Lipinski definition) is 8. The number of hydrogen-bond donors (Lipinski definition) is 1. The Bertz CT molecular complexity index is 1130. The SMILES string of the molecule is COc1cc(OC)cc(-c2nnc(S/C(=C\c3cc(I)cc(I)c3OC)C(=O)O)o2)c1. The maximum atomic E-state index is 11.9. The highest BCUT2D eigenvalue weighted by atomic mass is 127. The number of thioether (sulfide) groups is 1. The molecule has 0 amide bonds. The predicted molar refractivity (Wildman–Crippen MR) is 133 cm³/mol. The number of carboxylic acids is 1. The molecule has 3 rings (SSSR count). The second kappa shape index (κ2) is 10.5. The topological polar surface area (TPSA) is 104 Å². The molecular formula is C20H16I2N2O6S. The molecule has 0 bridgehead atoms. The van der Waals surface area contributed by atoms with Crippen molar-refractivity contribution >= 4 is 69.0 Å². The fourth-order valence-corrected chi connectivity index (χ4v) is 5.35. The van der Waals surface area contributed by atoms with Crippen molar-refractivity contribution in [3.63, 3.8) is 0 Å². The van der Waals surface area contributed by atoms with Crippen LogP contribution in [0.1, 0.15) is 5.56 Å². The van der Waals surface area contributed by atoms with Crippen LogP contribution in [0.3, 0.4) is 0 Å². The second-order valence-corrected chi connectivity index (χ2v) is 9.30. The molecule has 11 heteroatoms. The van der Waals surface area contributed by atoms with Crippen LogP contribution in [0.15, 0.2) is 44.9 Å². The highest BCUT2D eigenvalue weighted by Crippen LogP contribution is 2.35. The number of halogens is 2. The molecule has 0 radical (unpaired) electrons. The van der Waals surface area contributed by atoms with Crippen molar-refractivity contribution in [1.29, 1.82) is 0 Å². The van der Waals surface area contributed by atoms with Crippen molar-refractivity contribution in [3.8, 4) is 28.7 Å². The lowest BCUT2D eigenvalue weighted by atomic mass is 10.2. The Labute approximate surface area is 209 Å². The van der Waals surface area contributed by atoms with E-state index in [-0.39, 0.29) is 16.0 Å². The summed E-state index contributed by atoms with van der Waals surface area (Å²) in [7, 11) is 4.62. The first-order chi connectivity index (χ1) is 14.8. The summed E-state index contributed by atoms with van der Waals surface area (Å²) >= 11 is 5.17. The molecule has 0 aliphatic carbocycles. The van der Waals surface area contributed by atoms with E-state index in [0.717, 1.165) is 18.9 Å². The molecule has 3 aromatic rings. The molecule has 0 saturated heterocycles. The van der Waals surface area contributed by atoms with Crippen LogP contribution in [0.5, 0.6) is 17.2 Å². The third kappa shape index (κ3) is 5.83. The van der Waals surface area contributed by atoms with Crippen molar-refractivity contribution in [2.75, 3.05) is 21.3 Å². The lowest BCUT2D eigenvalue weighted by Gasteiger charge is -2.09. The van der Waals surface area contributed by atoms with E-state index in [1.54, 1.807) is 25.3 Å². The minimum Gasteiger partial charge on any atom is -0.497 e. The van der Waals surface area contributed by atoms with Gasteiger partial charge in [0.2, 0.25) is 5.89 Å². The highest BCUT2D eigenvalue weighted by molar-refractivity contribution is 14.1. The number of methoxy groups -OCH3 is 3. The molecule has 0 saturated carbocycles. The van der Waals surface area contributed by atoms with Gasteiger partial charge < -0.3 is 23.7 Å². The van der Waals surface area contributed by atoms with Gasteiger partial charge in [-0.15, -0.1) is 10.2 Å². The summed E-state index contributed by atoms with van der Waals surface area (Å²) in [6.07, 6.45) is 1.52. The normalized spacial score (nSPS) is 11.3. The molecule has 0 aliphatic heterocycles. The Balaban J connectivity index is 1.94. The lowest BCUT2D eigenvalue weighted by Crippen LogP contribution is -1.98. The van der Waals surface area contributed by atoms with Crippen LogP contribution >= 0.6 is 56.9 Å². The number of ether oxygens (including phenoxy) is 3. The molecule has 8 nitrogen and oxygen atoms in total. The van der Waals surface area contributed by atoms with E-state index in [1.165, 1.54) is 20.3 Å². The molecule has 0 atom stereocenters.